The number of nitrogens with one attached hydrogen (secondary N) is 2. The van der Waals surface area contributed by atoms with Gasteiger partial charge < -0.3 is 20.3 Å². The first-order valence-corrected chi connectivity index (χ1v) is 11.6. The fraction of sp³-hybridized carbons (Fsp3) is 0.909. The minimum Gasteiger partial charge on any atom is -0.379 e. The van der Waals surface area contributed by atoms with Gasteiger partial charge in [-0.15, -0.1) is 0 Å². The van der Waals surface area contributed by atoms with Gasteiger partial charge >= 0.3 is 0 Å². The van der Waals surface area contributed by atoms with E-state index < -0.39 is 0 Å². The van der Waals surface area contributed by atoms with Gasteiger partial charge in [0.2, 0.25) is 5.91 Å². The molecular formula is C22H41N5O2. The Morgan fingerprint density at radius 1 is 1.17 bits per heavy atom. The van der Waals surface area contributed by atoms with Crippen molar-refractivity contribution in [3.63, 3.8) is 0 Å². The summed E-state index contributed by atoms with van der Waals surface area (Å²) >= 11 is 0. The molecule has 0 aromatic rings. The fourth-order valence-corrected chi connectivity index (χ4v) is 5.03. The van der Waals surface area contributed by atoms with E-state index in [1.165, 1.54) is 32.1 Å². The van der Waals surface area contributed by atoms with Crippen molar-refractivity contribution in [1.82, 2.24) is 20.4 Å². The Balaban J connectivity index is 1.51. The van der Waals surface area contributed by atoms with Gasteiger partial charge in [-0.25, -0.2) is 0 Å². The van der Waals surface area contributed by atoms with E-state index in [1.807, 2.05) is 25.8 Å². The van der Waals surface area contributed by atoms with Crippen LogP contribution < -0.4 is 10.6 Å². The van der Waals surface area contributed by atoms with Gasteiger partial charge in [-0.05, 0) is 19.3 Å². The number of carbonyl (C=O) groups is 1. The van der Waals surface area contributed by atoms with Crippen molar-refractivity contribution in [3.8, 4) is 0 Å². The molecule has 2 aliphatic heterocycles. The first-order chi connectivity index (χ1) is 14.0. The van der Waals surface area contributed by atoms with E-state index in [0.29, 0.717) is 5.41 Å². The number of amides is 1. The minimum absolute atomic E-state index is 0.0672. The molecule has 1 unspecified atom stereocenters. The highest BCUT2D eigenvalue weighted by Crippen LogP contribution is 2.36. The minimum atomic E-state index is 0.0672. The number of guanidine groups is 1. The molecule has 3 rings (SSSR count). The molecule has 29 heavy (non-hydrogen) atoms. The van der Waals surface area contributed by atoms with Crippen LogP contribution in [0.3, 0.4) is 0 Å². The highest BCUT2D eigenvalue weighted by molar-refractivity contribution is 5.81. The van der Waals surface area contributed by atoms with E-state index >= 15 is 0 Å². The SMILES string of the molecule is CN=C(NCC1(CN2CCOCC2)CCCCC1)NC1CCN(C(=O)C(C)C)C1. The summed E-state index contributed by atoms with van der Waals surface area (Å²) in [7, 11) is 1.84. The second-order valence-electron chi connectivity index (χ2n) is 9.44. The van der Waals surface area contributed by atoms with Gasteiger partial charge in [-0.1, -0.05) is 33.1 Å². The number of hydrogen-bond acceptors (Lipinski definition) is 4. The van der Waals surface area contributed by atoms with Crippen molar-refractivity contribution in [2.24, 2.45) is 16.3 Å². The quantitative estimate of drug-likeness (QED) is 0.518. The van der Waals surface area contributed by atoms with Crippen LogP contribution in [0.25, 0.3) is 0 Å². The van der Waals surface area contributed by atoms with Crippen molar-refractivity contribution in [2.45, 2.75) is 58.4 Å². The van der Waals surface area contributed by atoms with Crippen molar-refractivity contribution in [1.29, 1.82) is 0 Å². The number of hydrogen-bond donors (Lipinski definition) is 2. The fourth-order valence-electron chi connectivity index (χ4n) is 5.03. The predicted molar refractivity (Wildman–Crippen MR) is 117 cm³/mol. The lowest BCUT2D eigenvalue weighted by Crippen LogP contribution is -2.52. The lowest BCUT2D eigenvalue weighted by Gasteiger charge is -2.42. The first kappa shape index (κ1) is 22.3. The van der Waals surface area contributed by atoms with Gasteiger partial charge in [-0.3, -0.25) is 14.7 Å². The molecule has 3 fully saturated rings. The lowest BCUT2D eigenvalue weighted by atomic mass is 9.73. The smallest absolute Gasteiger partial charge is 0.225 e. The van der Waals surface area contributed by atoms with Crippen molar-refractivity contribution in [2.75, 3.05) is 59.5 Å². The second-order valence-corrected chi connectivity index (χ2v) is 9.44. The number of morpholine rings is 1. The highest BCUT2D eigenvalue weighted by atomic mass is 16.5. The van der Waals surface area contributed by atoms with Crippen LogP contribution in [-0.4, -0.2) is 87.2 Å². The van der Waals surface area contributed by atoms with Gasteiger partial charge in [0.15, 0.2) is 5.96 Å². The zero-order chi connectivity index (χ0) is 20.7. The van der Waals surface area contributed by atoms with Crippen LogP contribution in [0.4, 0.5) is 0 Å². The normalized spacial score (nSPS) is 26.0. The van der Waals surface area contributed by atoms with E-state index in [9.17, 15) is 4.79 Å². The molecule has 0 aromatic carbocycles. The van der Waals surface area contributed by atoms with Crippen LogP contribution >= 0.6 is 0 Å². The van der Waals surface area contributed by atoms with E-state index in [-0.39, 0.29) is 17.9 Å². The topological polar surface area (TPSA) is 69.2 Å². The average Bonchev–Trinajstić information content (AvgIpc) is 3.20. The van der Waals surface area contributed by atoms with Gasteiger partial charge in [0.05, 0.1) is 13.2 Å². The maximum Gasteiger partial charge on any atom is 0.225 e. The third-order valence-corrected chi connectivity index (χ3v) is 6.77. The molecule has 0 spiro atoms. The first-order valence-electron chi connectivity index (χ1n) is 11.6. The van der Waals surface area contributed by atoms with Crippen molar-refractivity contribution in [3.05, 3.63) is 0 Å². The summed E-state index contributed by atoms with van der Waals surface area (Å²) in [4.78, 5) is 21.3. The summed E-state index contributed by atoms with van der Waals surface area (Å²) in [6.07, 6.45) is 7.57. The van der Waals surface area contributed by atoms with Gasteiger partial charge in [0.1, 0.15) is 0 Å². The summed E-state index contributed by atoms with van der Waals surface area (Å²) in [6, 6.07) is 0.283. The maximum atomic E-state index is 12.2. The molecule has 3 aliphatic rings. The molecule has 1 amide bonds. The predicted octanol–water partition coefficient (Wildman–Crippen LogP) is 1.69. The number of likely N-dealkylation sites (tertiary alicyclic amines) is 1. The van der Waals surface area contributed by atoms with Crippen LogP contribution in [0, 0.1) is 11.3 Å². The molecule has 2 N–H and O–H groups in total. The molecule has 1 atom stereocenters. The second kappa shape index (κ2) is 10.6. The molecular weight excluding hydrogens is 366 g/mol. The van der Waals surface area contributed by atoms with Crippen LogP contribution in [-0.2, 0) is 9.53 Å². The highest BCUT2D eigenvalue weighted by Gasteiger charge is 2.35. The molecule has 0 bridgehead atoms. The molecule has 2 saturated heterocycles. The van der Waals surface area contributed by atoms with Crippen LogP contribution in [0.5, 0.6) is 0 Å². The Hall–Kier alpha value is -1.34. The Bertz CT molecular complexity index is 553. The molecule has 0 radical (unpaired) electrons. The molecule has 7 nitrogen and oxygen atoms in total. The lowest BCUT2D eigenvalue weighted by molar-refractivity contribution is -0.133. The summed E-state index contributed by atoms with van der Waals surface area (Å²) in [5.74, 6) is 1.20. The Labute approximate surface area is 176 Å². The van der Waals surface area contributed by atoms with Gasteiger partial charge in [0, 0.05) is 63.7 Å². The molecule has 0 aromatic heterocycles. The molecule has 1 saturated carbocycles. The molecule has 2 heterocycles. The van der Waals surface area contributed by atoms with Crippen LogP contribution in [0.1, 0.15) is 52.4 Å². The number of ether oxygens (including phenoxy) is 1. The van der Waals surface area contributed by atoms with Crippen molar-refractivity contribution >= 4 is 11.9 Å². The number of carbonyl (C=O) groups excluding carboxylic acids is 1. The monoisotopic (exact) mass is 407 g/mol. The van der Waals surface area contributed by atoms with Gasteiger partial charge in [0.25, 0.3) is 0 Å². The molecule has 166 valence electrons. The summed E-state index contributed by atoms with van der Waals surface area (Å²) < 4.78 is 5.54. The van der Waals surface area contributed by atoms with E-state index in [4.69, 9.17) is 4.74 Å². The van der Waals surface area contributed by atoms with Crippen molar-refractivity contribution < 1.29 is 9.53 Å². The number of rotatable bonds is 6. The largest absolute Gasteiger partial charge is 0.379 e. The summed E-state index contributed by atoms with van der Waals surface area (Å²) in [5, 5.41) is 7.20. The molecule has 7 heteroatoms. The zero-order valence-corrected chi connectivity index (χ0v) is 18.7. The third kappa shape index (κ3) is 6.32. The van der Waals surface area contributed by atoms with E-state index in [0.717, 1.165) is 64.9 Å². The Kier molecular flexibility index (Phi) is 8.18. The number of aliphatic imine (C=N–C) groups is 1. The van der Waals surface area contributed by atoms with E-state index in [1.54, 1.807) is 0 Å². The van der Waals surface area contributed by atoms with Crippen LogP contribution in [0.2, 0.25) is 0 Å². The Morgan fingerprint density at radius 2 is 1.90 bits per heavy atom. The standard InChI is InChI=1S/C22H41N5O2/c1-18(2)20(28)27-10-7-19(15-27)25-21(23-3)24-16-22(8-5-4-6-9-22)17-26-11-13-29-14-12-26/h18-19H,4-17H2,1-3H3,(H2,23,24,25). The third-order valence-electron chi connectivity index (χ3n) is 6.77. The van der Waals surface area contributed by atoms with Gasteiger partial charge in [-0.2, -0.15) is 0 Å². The van der Waals surface area contributed by atoms with Crippen LogP contribution in [0.15, 0.2) is 4.99 Å². The summed E-state index contributed by atoms with van der Waals surface area (Å²) in [6.45, 7) is 11.5. The summed E-state index contributed by atoms with van der Waals surface area (Å²) in [5.41, 5.74) is 0.322. The number of nitrogens with zero attached hydrogens (tertiary/aromatic N) is 3. The maximum absolute atomic E-state index is 12.2. The molecule has 1 aliphatic carbocycles. The zero-order valence-electron chi connectivity index (χ0n) is 18.7. The van der Waals surface area contributed by atoms with E-state index in [2.05, 4.69) is 20.5 Å². The Morgan fingerprint density at radius 3 is 2.55 bits per heavy atom. The average molecular weight is 408 g/mol.